The average molecular weight is 417 g/mol. The van der Waals surface area contributed by atoms with Gasteiger partial charge in [-0.05, 0) is 32.1 Å². The smallest absolute Gasteiger partial charge is 1.00 e. The second-order valence-electron chi connectivity index (χ2n) is 6.55. The maximum absolute atomic E-state index is 11.3. The number of aliphatic hydroxyl groups is 1. The van der Waals surface area contributed by atoms with E-state index in [1.54, 1.807) is 0 Å². The Hall–Kier alpha value is 0.0800. The van der Waals surface area contributed by atoms with Crippen molar-refractivity contribution in [2.75, 3.05) is 7.11 Å². The number of unbranched alkanes of at least 4 members (excludes halogenated alkanes) is 8. The number of aliphatic hydroxyl groups excluding tert-OH is 1. The summed E-state index contributed by atoms with van der Waals surface area (Å²) in [7, 11) is -3.22. The molecule has 0 fully saturated rings. The molecule has 0 aromatic rings. The van der Waals surface area contributed by atoms with Crippen molar-refractivity contribution < 1.29 is 57.7 Å². The van der Waals surface area contributed by atoms with Crippen LogP contribution in [0.1, 0.15) is 91.8 Å². The first-order chi connectivity index (χ1) is 12.4. The first kappa shape index (κ1) is 29.3. The Morgan fingerprint density at radius 2 is 1.67 bits per heavy atom. The van der Waals surface area contributed by atoms with E-state index in [9.17, 15) is 18.3 Å². The van der Waals surface area contributed by atoms with Crippen molar-refractivity contribution in [2.45, 2.75) is 96.5 Å². The Labute approximate surface area is 189 Å². The first-order valence-corrected chi connectivity index (χ1v) is 11.1. The van der Waals surface area contributed by atoms with Crippen LogP contribution in [0.4, 0.5) is 0 Å². The Bertz CT molecular complexity index is 485. The van der Waals surface area contributed by atoms with Gasteiger partial charge in [0.15, 0.2) is 0 Å². The normalized spacial score (nSPS) is 12.7. The Kier molecular flexibility index (Phi) is 21.0. The quantitative estimate of drug-likeness (QED) is 0.220. The minimum Gasteiger partial charge on any atom is -1.00 e. The molecule has 0 rings (SSSR count). The van der Waals surface area contributed by atoms with Crippen LogP contribution in [0.25, 0.3) is 0 Å². The number of carbonyl (C=O) groups excluding carboxylic acids is 1. The summed E-state index contributed by atoms with van der Waals surface area (Å²) < 4.78 is 30.1. The zero-order valence-corrected chi connectivity index (χ0v) is 20.1. The Balaban J connectivity index is -0.00000312. The molecule has 0 unspecified atom stereocenters. The molecule has 0 amide bonds. The van der Waals surface area contributed by atoms with Crippen LogP contribution < -0.4 is 29.6 Å². The van der Waals surface area contributed by atoms with Crippen LogP contribution in [0, 0.1) is 0 Å². The third-order valence-corrected chi connectivity index (χ3v) is 4.91. The van der Waals surface area contributed by atoms with Crippen LogP contribution in [-0.4, -0.2) is 32.7 Å². The first-order valence-electron chi connectivity index (χ1n) is 9.77. The van der Waals surface area contributed by atoms with Gasteiger partial charge in [-0.1, -0.05) is 64.0 Å². The topological polar surface area (TPSA) is 89.9 Å². The minimum absolute atomic E-state index is 0. The van der Waals surface area contributed by atoms with Gasteiger partial charge in [0.05, 0.1) is 13.2 Å². The van der Waals surface area contributed by atoms with Crippen molar-refractivity contribution in [3.63, 3.8) is 0 Å². The van der Waals surface area contributed by atoms with Gasteiger partial charge in [-0.15, -0.1) is 0 Å². The van der Waals surface area contributed by atoms with Gasteiger partial charge in [0.1, 0.15) is 0 Å². The second-order valence-corrected chi connectivity index (χ2v) is 7.86. The van der Waals surface area contributed by atoms with Crippen LogP contribution in [-0.2, 0) is 23.6 Å². The third-order valence-electron chi connectivity index (χ3n) is 4.12. The molecule has 0 bridgehead atoms. The molecule has 8 heteroatoms. The number of allylic oxidation sites excluding steroid dienone is 1. The Morgan fingerprint density at radius 1 is 1.04 bits per heavy atom. The predicted octanol–water partition coefficient (Wildman–Crippen LogP) is 1.55. The monoisotopic (exact) mass is 416 g/mol. The van der Waals surface area contributed by atoms with Crippen LogP contribution >= 0.6 is 0 Å². The number of hydrogen-bond donors (Lipinski definition) is 1. The summed E-state index contributed by atoms with van der Waals surface area (Å²) >= 11 is 0. The molecule has 0 aromatic carbocycles. The summed E-state index contributed by atoms with van der Waals surface area (Å²) in [5, 5.41) is 9.85. The van der Waals surface area contributed by atoms with Crippen molar-refractivity contribution in [3.05, 3.63) is 12.2 Å². The van der Waals surface area contributed by atoms with Gasteiger partial charge in [-0.2, -0.15) is 8.42 Å². The van der Waals surface area contributed by atoms with Gasteiger partial charge in [-0.25, -0.2) is 4.18 Å². The van der Waals surface area contributed by atoms with Crippen molar-refractivity contribution in [1.29, 1.82) is 0 Å². The molecule has 156 valence electrons. The van der Waals surface area contributed by atoms with E-state index in [1.807, 2.05) is 0 Å². The molecule has 0 spiro atoms. The van der Waals surface area contributed by atoms with Crippen LogP contribution in [0.3, 0.4) is 0 Å². The van der Waals surface area contributed by atoms with Gasteiger partial charge in [0.25, 0.3) is 0 Å². The van der Waals surface area contributed by atoms with E-state index in [1.165, 1.54) is 19.3 Å². The fraction of sp³-hybridized carbons (Fsp3) is 0.842. The fourth-order valence-electron chi connectivity index (χ4n) is 2.55. The van der Waals surface area contributed by atoms with Gasteiger partial charge in [0, 0.05) is 6.42 Å². The molecule has 0 radical (unpaired) electrons. The van der Waals surface area contributed by atoms with Gasteiger partial charge in [0.2, 0.25) is 0 Å². The summed E-state index contributed by atoms with van der Waals surface area (Å²) in [5.41, 5.74) is 0. The van der Waals surface area contributed by atoms with Crippen molar-refractivity contribution >= 4 is 16.4 Å². The van der Waals surface area contributed by atoms with E-state index in [0.29, 0.717) is 6.42 Å². The van der Waals surface area contributed by atoms with Gasteiger partial charge < -0.3 is 10.7 Å². The number of rotatable bonds is 17. The van der Waals surface area contributed by atoms with Crippen molar-refractivity contribution in [2.24, 2.45) is 0 Å². The largest absolute Gasteiger partial charge is 1.00 e. The fourth-order valence-corrected chi connectivity index (χ4v) is 2.93. The molecule has 1 atom stereocenters. The molecule has 1 N–H and O–H groups in total. The van der Waals surface area contributed by atoms with E-state index in [4.69, 9.17) is 0 Å². The summed E-state index contributed by atoms with van der Waals surface area (Å²) in [6.07, 6.45) is 16.1. The molecule has 0 saturated heterocycles. The third kappa shape index (κ3) is 20.6. The van der Waals surface area contributed by atoms with E-state index in [0.717, 1.165) is 58.5 Å². The van der Waals surface area contributed by atoms with Crippen molar-refractivity contribution in [1.82, 2.24) is 0 Å². The van der Waals surface area contributed by atoms with Crippen LogP contribution in [0.2, 0.25) is 0 Å². The molecular formula is C19H37NaO6S. The summed E-state index contributed by atoms with van der Waals surface area (Å²) in [6, 6.07) is 0. The molecular weight excluding hydrogens is 379 g/mol. The summed E-state index contributed by atoms with van der Waals surface area (Å²) in [6.45, 7) is 2.18. The molecule has 6 nitrogen and oxygen atoms in total. The van der Waals surface area contributed by atoms with Crippen molar-refractivity contribution in [3.8, 4) is 0 Å². The van der Waals surface area contributed by atoms with E-state index in [2.05, 4.69) is 27.4 Å². The van der Waals surface area contributed by atoms with Crippen LogP contribution in [0.15, 0.2) is 12.2 Å². The average Bonchev–Trinajstić information content (AvgIpc) is 2.60. The summed E-state index contributed by atoms with van der Waals surface area (Å²) in [5.74, 6) is -0.775. The zero-order valence-electron chi connectivity index (χ0n) is 18.3. The predicted molar refractivity (Wildman–Crippen MR) is 104 cm³/mol. The maximum Gasteiger partial charge on any atom is 1.00 e. The standard InChI is InChI=1S/C19H36O6S.Na.H/c1-3-4-5-12-15-18(20)16-13-10-8-6-7-9-11-14-17-19(21)25-26(22,23)24-2;;/h10,13,18,20H,3-9,11-12,14-17H2,1-2H3;;/q;+1;-1/b13-10-;;/t18-;;/m1../s1. The van der Waals surface area contributed by atoms with E-state index >= 15 is 0 Å². The minimum atomic E-state index is -4.17. The number of carbonyl (C=O) groups is 1. The molecule has 0 saturated carbocycles. The second kappa shape index (κ2) is 19.4. The molecule has 0 aliphatic rings. The van der Waals surface area contributed by atoms with Gasteiger partial charge in [-0.3, -0.25) is 4.79 Å². The Morgan fingerprint density at radius 3 is 2.33 bits per heavy atom. The SMILES string of the molecule is CCCCCC[C@@H](O)C/C=C\CCCCCCCC(=O)OS(=O)(=O)OC.[H-].[Na+]. The van der Waals surface area contributed by atoms with Gasteiger partial charge >= 0.3 is 45.9 Å². The summed E-state index contributed by atoms with van der Waals surface area (Å²) in [4.78, 5) is 11.3. The maximum atomic E-state index is 11.3. The van der Waals surface area contributed by atoms with E-state index in [-0.39, 0.29) is 43.5 Å². The zero-order chi connectivity index (χ0) is 19.7. The molecule has 0 aromatic heterocycles. The molecule has 0 heterocycles. The number of hydrogen-bond acceptors (Lipinski definition) is 6. The molecule has 0 aliphatic heterocycles. The molecule has 27 heavy (non-hydrogen) atoms. The van der Waals surface area contributed by atoms with Crippen LogP contribution in [0.5, 0.6) is 0 Å². The molecule has 0 aliphatic carbocycles. The van der Waals surface area contributed by atoms with E-state index < -0.39 is 16.4 Å².